The Morgan fingerprint density at radius 1 is 1.14 bits per heavy atom. The first-order valence-electron chi connectivity index (χ1n) is 7.44. The molecule has 1 heterocycles. The van der Waals surface area contributed by atoms with Crippen LogP contribution >= 0.6 is 27.3 Å². The number of nitrogens with one attached hydrogen (secondary N) is 1. The molecule has 3 heteroatoms. The minimum Gasteiger partial charge on any atom is -0.312 e. The first kappa shape index (κ1) is 16.7. The molecule has 21 heavy (non-hydrogen) atoms. The van der Waals surface area contributed by atoms with Crippen molar-refractivity contribution in [3.8, 4) is 0 Å². The zero-order chi connectivity index (χ0) is 15.3. The second-order valence-corrected chi connectivity index (χ2v) is 8.56. The first-order chi connectivity index (χ1) is 9.92. The number of hydrogen-bond donors (Lipinski definition) is 1. The largest absolute Gasteiger partial charge is 0.312 e. The molecule has 1 N–H and O–H groups in total. The first-order valence-corrected chi connectivity index (χ1v) is 9.11. The third-order valence-electron chi connectivity index (χ3n) is 3.40. The second kappa shape index (κ2) is 7.57. The fourth-order valence-corrected chi connectivity index (χ4v) is 3.65. The van der Waals surface area contributed by atoms with E-state index in [1.807, 2.05) is 11.3 Å². The minimum absolute atomic E-state index is 0.172. The maximum absolute atomic E-state index is 3.66. The Hall–Kier alpha value is -0.640. The van der Waals surface area contributed by atoms with Gasteiger partial charge in [0.15, 0.2) is 0 Å². The van der Waals surface area contributed by atoms with E-state index < -0.39 is 0 Å². The molecule has 0 radical (unpaired) electrons. The van der Waals surface area contributed by atoms with Crippen molar-refractivity contribution in [1.29, 1.82) is 0 Å². The van der Waals surface area contributed by atoms with Gasteiger partial charge in [0.25, 0.3) is 0 Å². The Labute approximate surface area is 140 Å². The SMILES string of the molecule is CC(C)(C)NCC(Cc1cccc(Br)c1)Cc1cccs1. The Kier molecular flexibility index (Phi) is 6.03. The summed E-state index contributed by atoms with van der Waals surface area (Å²) in [5.41, 5.74) is 1.58. The third kappa shape index (κ3) is 6.33. The van der Waals surface area contributed by atoms with E-state index in [1.165, 1.54) is 14.9 Å². The molecule has 0 aliphatic heterocycles. The van der Waals surface area contributed by atoms with Crippen LogP contribution in [0.1, 0.15) is 31.2 Å². The quantitative estimate of drug-likeness (QED) is 0.732. The summed E-state index contributed by atoms with van der Waals surface area (Å²) in [7, 11) is 0. The van der Waals surface area contributed by atoms with Crippen LogP contribution in [0.3, 0.4) is 0 Å². The van der Waals surface area contributed by atoms with Crippen molar-refractivity contribution in [2.75, 3.05) is 6.54 Å². The molecule has 2 aromatic rings. The Morgan fingerprint density at radius 3 is 2.57 bits per heavy atom. The lowest BCUT2D eigenvalue weighted by molar-refractivity contribution is 0.368. The van der Waals surface area contributed by atoms with E-state index in [-0.39, 0.29) is 5.54 Å². The highest BCUT2D eigenvalue weighted by Gasteiger charge is 2.16. The van der Waals surface area contributed by atoms with E-state index in [9.17, 15) is 0 Å². The molecule has 0 saturated heterocycles. The van der Waals surface area contributed by atoms with Gasteiger partial charge in [-0.1, -0.05) is 34.1 Å². The summed E-state index contributed by atoms with van der Waals surface area (Å²) in [6.45, 7) is 7.74. The van der Waals surface area contributed by atoms with Gasteiger partial charge in [-0.2, -0.15) is 0 Å². The molecule has 1 nitrogen and oxygen atoms in total. The monoisotopic (exact) mass is 365 g/mol. The van der Waals surface area contributed by atoms with E-state index in [2.05, 4.69) is 83.8 Å². The second-order valence-electron chi connectivity index (χ2n) is 6.61. The topological polar surface area (TPSA) is 12.0 Å². The maximum atomic E-state index is 3.66. The summed E-state index contributed by atoms with van der Waals surface area (Å²) in [5, 5.41) is 5.83. The molecule has 0 amide bonds. The maximum Gasteiger partial charge on any atom is 0.0177 e. The summed E-state index contributed by atoms with van der Waals surface area (Å²) in [4.78, 5) is 1.48. The van der Waals surface area contributed by atoms with Crippen LogP contribution in [-0.2, 0) is 12.8 Å². The molecule has 1 unspecified atom stereocenters. The van der Waals surface area contributed by atoms with Gasteiger partial charge in [-0.25, -0.2) is 0 Å². The van der Waals surface area contributed by atoms with Crippen molar-refractivity contribution in [2.24, 2.45) is 5.92 Å². The molecule has 0 fully saturated rings. The van der Waals surface area contributed by atoms with E-state index in [1.54, 1.807) is 0 Å². The molecule has 1 atom stereocenters. The summed E-state index contributed by atoms with van der Waals surface area (Å²) in [6, 6.07) is 13.1. The van der Waals surface area contributed by atoms with E-state index >= 15 is 0 Å². The molecule has 1 aromatic heterocycles. The van der Waals surface area contributed by atoms with Crippen LogP contribution in [0.5, 0.6) is 0 Å². The van der Waals surface area contributed by atoms with Gasteiger partial charge in [0.2, 0.25) is 0 Å². The van der Waals surface area contributed by atoms with Crippen LogP contribution in [0.2, 0.25) is 0 Å². The van der Waals surface area contributed by atoms with E-state index in [0.29, 0.717) is 5.92 Å². The summed E-state index contributed by atoms with van der Waals surface area (Å²) in [5.74, 6) is 0.622. The van der Waals surface area contributed by atoms with Crippen molar-refractivity contribution in [3.05, 3.63) is 56.7 Å². The Balaban J connectivity index is 2.03. The highest BCUT2D eigenvalue weighted by atomic mass is 79.9. The summed E-state index contributed by atoms with van der Waals surface area (Å²) >= 11 is 5.43. The number of thiophene rings is 1. The van der Waals surface area contributed by atoms with E-state index in [4.69, 9.17) is 0 Å². The standard InChI is InChI=1S/C18H24BrNS/c1-18(2,3)20-13-15(12-17-8-5-9-21-17)10-14-6-4-7-16(19)11-14/h4-9,11,15,20H,10,12-13H2,1-3H3. The lowest BCUT2D eigenvalue weighted by Crippen LogP contribution is -2.40. The van der Waals surface area contributed by atoms with Gasteiger partial charge in [-0.15, -0.1) is 11.3 Å². The van der Waals surface area contributed by atoms with Crippen LogP contribution in [0, 0.1) is 5.92 Å². The van der Waals surface area contributed by atoms with Crippen molar-refractivity contribution in [3.63, 3.8) is 0 Å². The normalized spacial score (nSPS) is 13.3. The van der Waals surface area contributed by atoms with Gasteiger partial charge in [0.1, 0.15) is 0 Å². The van der Waals surface area contributed by atoms with Gasteiger partial charge in [0.05, 0.1) is 0 Å². The van der Waals surface area contributed by atoms with Gasteiger partial charge in [0, 0.05) is 14.9 Å². The molecule has 1 aromatic carbocycles. The molecule has 0 aliphatic carbocycles. The van der Waals surface area contributed by atoms with Crippen molar-refractivity contribution >= 4 is 27.3 Å². The molecule has 0 aliphatic rings. The van der Waals surface area contributed by atoms with Crippen molar-refractivity contribution in [1.82, 2.24) is 5.32 Å². The summed E-state index contributed by atoms with van der Waals surface area (Å²) < 4.78 is 1.17. The Morgan fingerprint density at radius 2 is 1.95 bits per heavy atom. The third-order valence-corrected chi connectivity index (χ3v) is 4.80. The Bertz CT molecular complexity index is 543. The van der Waals surface area contributed by atoms with Crippen LogP contribution in [-0.4, -0.2) is 12.1 Å². The van der Waals surface area contributed by atoms with Gasteiger partial charge < -0.3 is 5.32 Å². The molecule has 0 bridgehead atoms. The predicted molar refractivity (Wildman–Crippen MR) is 97.1 cm³/mol. The van der Waals surface area contributed by atoms with Crippen molar-refractivity contribution < 1.29 is 0 Å². The van der Waals surface area contributed by atoms with E-state index in [0.717, 1.165) is 19.4 Å². The lowest BCUT2D eigenvalue weighted by atomic mass is 9.94. The summed E-state index contributed by atoms with van der Waals surface area (Å²) in [6.07, 6.45) is 2.26. The molecule has 2 rings (SSSR count). The average Bonchev–Trinajstić information content (AvgIpc) is 2.88. The van der Waals surface area contributed by atoms with Crippen LogP contribution in [0.4, 0.5) is 0 Å². The number of hydrogen-bond acceptors (Lipinski definition) is 2. The van der Waals surface area contributed by atoms with Crippen molar-refractivity contribution in [2.45, 2.75) is 39.2 Å². The van der Waals surface area contributed by atoms with Crippen LogP contribution in [0.15, 0.2) is 46.3 Å². The molecule has 114 valence electrons. The number of halogens is 1. The molecule has 0 spiro atoms. The molecular formula is C18H24BrNS. The van der Waals surface area contributed by atoms with Gasteiger partial charge in [-0.05, 0) is 75.2 Å². The molecular weight excluding hydrogens is 342 g/mol. The highest BCUT2D eigenvalue weighted by Crippen LogP contribution is 2.20. The van der Waals surface area contributed by atoms with Crippen LogP contribution in [0.25, 0.3) is 0 Å². The smallest absolute Gasteiger partial charge is 0.0177 e. The highest BCUT2D eigenvalue weighted by molar-refractivity contribution is 9.10. The fraction of sp³-hybridized carbons (Fsp3) is 0.444. The lowest BCUT2D eigenvalue weighted by Gasteiger charge is -2.25. The predicted octanol–water partition coefficient (Wildman–Crippen LogP) is 5.30. The zero-order valence-electron chi connectivity index (χ0n) is 13.0. The number of rotatable bonds is 6. The van der Waals surface area contributed by atoms with Gasteiger partial charge in [-0.3, -0.25) is 0 Å². The fourth-order valence-electron chi connectivity index (χ4n) is 2.38. The minimum atomic E-state index is 0.172. The van der Waals surface area contributed by atoms with Gasteiger partial charge >= 0.3 is 0 Å². The molecule has 0 saturated carbocycles. The zero-order valence-corrected chi connectivity index (χ0v) is 15.4. The number of benzene rings is 1. The average molecular weight is 366 g/mol. The van der Waals surface area contributed by atoms with Crippen LogP contribution < -0.4 is 5.32 Å².